The molecule has 0 radical (unpaired) electrons. The van der Waals surface area contributed by atoms with Crippen LogP contribution in [-0.2, 0) is 37.1 Å². The number of fused-ring (bicyclic) bond motifs is 1. The fourth-order valence-electron chi connectivity index (χ4n) is 5.58. The molecule has 2 heterocycles. The number of ketones is 2. The fourth-order valence-corrected chi connectivity index (χ4v) is 6.71. The maximum atomic E-state index is 14.4. The van der Waals surface area contributed by atoms with E-state index in [2.05, 4.69) is 10.6 Å². The van der Waals surface area contributed by atoms with Gasteiger partial charge in [0.25, 0.3) is 0 Å². The summed E-state index contributed by atoms with van der Waals surface area (Å²) >= 11 is 0. The van der Waals surface area contributed by atoms with Crippen LogP contribution < -0.4 is 16.4 Å². The van der Waals surface area contributed by atoms with E-state index in [0.717, 1.165) is 16.7 Å². The molecule has 2 unspecified atom stereocenters. The number of rotatable bonds is 10. The van der Waals surface area contributed by atoms with Crippen LogP contribution in [-0.4, -0.2) is 51.8 Å². The predicted octanol–water partition coefficient (Wildman–Crippen LogP) is 2.89. The molecule has 0 bridgehead atoms. The number of sulfone groups is 1. The summed E-state index contributed by atoms with van der Waals surface area (Å²) in [5.74, 6) is -2.08. The molecule has 0 aliphatic carbocycles. The Morgan fingerprint density at radius 2 is 1.66 bits per heavy atom. The van der Waals surface area contributed by atoms with Gasteiger partial charge in [0, 0.05) is 25.6 Å². The first-order valence-electron chi connectivity index (χ1n) is 13.9. The summed E-state index contributed by atoms with van der Waals surface area (Å²) in [6.45, 7) is 1.85. The van der Waals surface area contributed by atoms with Gasteiger partial charge in [-0.25, -0.2) is 8.42 Å². The van der Waals surface area contributed by atoms with Gasteiger partial charge in [0.2, 0.25) is 9.84 Å². The normalized spacial score (nSPS) is 22.0. The minimum Gasteiger partial charge on any atom is -0.389 e. The van der Waals surface area contributed by atoms with Gasteiger partial charge in [0.05, 0.1) is 23.5 Å². The molecule has 1 fully saturated rings. The Hall–Kier alpha value is -3.63. The standard InChI is InChI=1S/C32H35N3O5S/c33-28(41(38,39)25-12-5-2-6-13-25)19-23(16-15-22-9-3-1-4-10-22)31(36)30-29(32(37)27-21-34-17-18-40-27)26-14-8-7-11-24(26)20-35-30/h1-14,19,23,27,29-30,34-35H,15-18,20-21,33H2/t23-,27?,29?,30-/m0/s1. The van der Waals surface area contributed by atoms with Crippen molar-refractivity contribution in [2.75, 3.05) is 19.7 Å². The molecule has 3 aromatic carbocycles. The number of hydrogen-bond donors (Lipinski definition) is 3. The molecular formula is C32H35N3O5S. The van der Waals surface area contributed by atoms with E-state index in [-0.39, 0.29) is 21.5 Å². The largest absolute Gasteiger partial charge is 0.389 e. The van der Waals surface area contributed by atoms with E-state index in [1.54, 1.807) is 18.2 Å². The first-order chi connectivity index (χ1) is 19.9. The van der Waals surface area contributed by atoms with Crippen molar-refractivity contribution in [1.82, 2.24) is 10.6 Å². The first-order valence-corrected chi connectivity index (χ1v) is 15.4. The van der Waals surface area contributed by atoms with Crippen molar-refractivity contribution in [2.45, 2.75) is 42.3 Å². The summed E-state index contributed by atoms with van der Waals surface area (Å²) in [6, 6.07) is 24.3. The van der Waals surface area contributed by atoms with Gasteiger partial charge >= 0.3 is 0 Å². The zero-order valence-corrected chi connectivity index (χ0v) is 23.6. The van der Waals surface area contributed by atoms with E-state index in [9.17, 15) is 18.0 Å². The lowest BCUT2D eigenvalue weighted by Crippen LogP contribution is -2.54. The van der Waals surface area contributed by atoms with Crippen molar-refractivity contribution in [2.24, 2.45) is 11.7 Å². The molecule has 41 heavy (non-hydrogen) atoms. The number of nitrogens with one attached hydrogen (secondary N) is 2. The molecule has 9 heteroatoms. The first kappa shape index (κ1) is 28.9. The van der Waals surface area contributed by atoms with Gasteiger partial charge in [0.1, 0.15) is 11.1 Å². The smallest absolute Gasteiger partial charge is 0.220 e. The van der Waals surface area contributed by atoms with Crippen molar-refractivity contribution >= 4 is 21.4 Å². The van der Waals surface area contributed by atoms with E-state index in [1.165, 1.54) is 18.2 Å². The highest BCUT2D eigenvalue weighted by Gasteiger charge is 2.43. The van der Waals surface area contributed by atoms with Crippen molar-refractivity contribution < 1.29 is 22.7 Å². The minimum atomic E-state index is -4.01. The lowest BCUT2D eigenvalue weighted by molar-refractivity contribution is -0.137. The van der Waals surface area contributed by atoms with E-state index >= 15 is 0 Å². The van der Waals surface area contributed by atoms with Crippen molar-refractivity contribution in [3.8, 4) is 0 Å². The second-order valence-corrected chi connectivity index (χ2v) is 12.4. The summed E-state index contributed by atoms with van der Waals surface area (Å²) in [7, 11) is -4.01. The van der Waals surface area contributed by atoms with Crippen LogP contribution in [0.2, 0.25) is 0 Å². The third-order valence-electron chi connectivity index (χ3n) is 7.78. The van der Waals surface area contributed by atoms with Crippen LogP contribution in [0.3, 0.4) is 0 Å². The van der Waals surface area contributed by atoms with Gasteiger partial charge in [-0.15, -0.1) is 0 Å². The SMILES string of the molecule is NC(=C[C@H](CCc1ccccc1)C(=O)[C@H]1NCc2ccccc2C1C(=O)C1CNCCO1)S(=O)(=O)c1ccccc1. The average Bonchev–Trinajstić information content (AvgIpc) is 3.03. The third-order valence-corrected chi connectivity index (χ3v) is 9.42. The second-order valence-electron chi connectivity index (χ2n) is 10.4. The molecule has 0 spiro atoms. The van der Waals surface area contributed by atoms with E-state index in [0.29, 0.717) is 39.1 Å². The van der Waals surface area contributed by atoms with Gasteiger partial charge in [-0.2, -0.15) is 0 Å². The molecule has 4 atom stereocenters. The highest BCUT2D eigenvalue weighted by Crippen LogP contribution is 2.33. The van der Waals surface area contributed by atoms with Gasteiger partial charge in [-0.05, 0) is 47.7 Å². The summed E-state index contributed by atoms with van der Waals surface area (Å²) in [6.07, 6.45) is 1.54. The Morgan fingerprint density at radius 1 is 0.976 bits per heavy atom. The molecule has 0 amide bonds. The molecule has 5 rings (SSSR count). The summed E-state index contributed by atoms with van der Waals surface area (Å²) < 4.78 is 32.4. The number of aryl methyl sites for hydroxylation is 1. The van der Waals surface area contributed by atoms with Crippen molar-refractivity contribution in [3.63, 3.8) is 0 Å². The van der Waals surface area contributed by atoms with Crippen molar-refractivity contribution in [1.29, 1.82) is 0 Å². The van der Waals surface area contributed by atoms with Gasteiger partial charge in [-0.1, -0.05) is 72.8 Å². The van der Waals surface area contributed by atoms with Crippen LogP contribution in [0.15, 0.2) is 101 Å². The number of carbonyl (C=O) groups excluding carboxylic acids is 2. The number of nitrogens with two attached hydrogens (primary N) is 1. The Bertz CT molecular complexity index is 1500. The van der Waals surface area contributed by atoms with Crippen LogP contribution in [0, 0.1) is 5.92 Å². The minimum absolute atomic E-state index is 0.0581. The Balaban J connectivity index is 1.50. The number of allylic oxidation sites excluding steroid dienone is 1. The van der Waals surface area contributed by atoms with Crippen LogP contribution in [0.25, 0.3) is 0 Å². The number of carbonyl (C=O) groups is 2. The topological polar surface area (TPSA) is 128 Å². The molecule has 0 saturated carbocycles. The van der Waals surface area contributed by atoms with E-state index in [1.807, 2.05) is 54.6 Å². The zero-order chi connectivity index (χ0) is 28.8. The lowest BCUT2D eigenvalue weighted by Gasteiger charge is -2.36. The second kappa shape index (κ2) is 12.9. The molecule has 8 nitrogen and oxygen atoms in total. The number of Topliss-reactive ketones (excluding diaryl/α,β-unsaturated/α-hetero) is 2. The molecule has 2 aliphatic heterocycles. The summed E-state index contributed by atoms with van der Waals surface area (Å²) in [4.78, 5) is 28.3. The zero-order valence-electron chi connectivity index (χ0n) is 22.7. The Labute approximate surface area is 240 Å². The lowest BCUT2D eigenvalue weighted by atomic mass is 9.75. The highest BCUT2D eigenvalue weighted by molar-refractivity contribution is 7.95. The van der Waals surface area contributed by atoms with Crippen LogP contribution in [0.1, 0.15) is 29.0 Å². The van der Waals surface area contributed by atoms with E-state index < -0.39 is 33.8 Å². The quantitative estimate of drug-likeness (QED) is 0.338. The molecule has 2 aliphatic rings. The number of benzene rings is 3. The molecular weight excluding hydrogens is 538 g/mol. The maximum absolute atomic E-state index is 14.4. The van der Waals surface area contributed by atoms with Crippen molar-refractivity contribution in [3.05, 3.63) is 113 Å². The summed E-state index contributed by atoms with van der Waals surface area (Å²) in [5, 5.41) is 6.12. The van der Waals surface area contributed by atoms with Gasteiger partial charge in [-0.3, -0.25) is 9.59 Å². The van der Waals surface area contributed by atoms with Crippen LogP contribution in [0.4, 0.5) is 0 Å². The molecule has 4 N–H and O–H groups in total. The average molecular weight is 574 g/mol. The number of morpholine rings is 1. The maximum Gasteiger partial charge on any atom is 0.220 e. The van der Waals surface area contributed by atoms with Gasteiger partial charge < -0.3 is 21.1 Å². The fraction of sp³-hybridized carbons (Fsp3) is 0.312. The predicted molar refractivity (Wildman–Crippen MR) is 157 cm³/mol. The summed E-state index contributed by atoms with van der Waals surface area (Å²) in [5.41, 5.74) is 8.96. The van der Waals surface area contributed by atoms with Crippen LogP contribution in [0.5, 0.6) is 0 Å². The number of hydrogen-bond acceptors (Lipinski definition) is 8. The third kappa shape index (κ3) is 6.49. The van der Waals surface area contributed by atoms with E-state index in [4.69, 9.17) is 10.5 Å². The molecule has 0 aromatic heterocycles. The Morgan fingerprint density at radius 3 is 2.37 bits per heavy atom. The number of ether oxygens (including phenoxy) is 1. The highest BCUT2D eigenvalue weighted by atomic mass is 32.2. The molecule has 3 aromatic rings. The van der Waals surface area contributed by atoms with Gasteiger partial charge in [0.15, 0.2) is 11.6 Å². The molecule has 214 valence electrons. The monoisotopic (exact) mass is 573 g/mol. The molecule has 1 saturated heterocycles. The Kier molecular flexibility index (Phi) is 9.09. The van der Waals surface area contributed by atoms with Crippen LogP contribution >= 0.6 is 0 Å².